The molecule has 0 aliphatic carbocycles. The first-order chi connectivity index (χ1) is 9.74. The first kappa shape index (κ1) is 14.7. The molecule has 6 heteroatoms. The molecule has 3 N–H and O–H groups in total. The maximum atomic E-state index is 11.6. The molecule has 1 aromatic rings. The zero-order valence-corrected chi connectivity index (χ0v) is 12.0. The molecule has 1 amide bonds. The fourth-order valence-corrected chi connectivity index (χ4v) is 2.61. The van der Waals surface area contributed by atoms with E-state index in [0.29, 0.717) is 18.2 Å². The van der Waals surface area contributed by atoms with Crippen molar-refractivity contribution in [3.05, 3.63) is 17.8 Å². The highest BCUT2D eigenvalue weighted by atomic mass is 16.1. The lowest BCUT2D eigenvalue weighted by molar-refractivity contribution is 0.0950. The van der Waals surface area contributed by atoms with Crippen LogP contribution in [0.2, 0.25) is 0 Å². The minimum Gasteiger partial charge on any atom is -0.355 e. The number of nitrogens with one attached hydrogen (secondary N) is 1. The number of nitrogens with zero attached hydrogens (tertiary/aromatic N) is 3. The lowest BCUT2D eigenvalue weighted by Gasteiger charge is -2.33. The minimum atomic E-state index is -0.175. The van der Waals surface area contributed by atoms with Crippen LogP contribution in [0.4, 0.5) is 5.82 Å². The van der Waals surface area contributed by atoms with E-state index in [2.05, 4.69) is 20.4 Å². The van der Waals surface area contributed by atoms with Crippen LogP contribution >= 0.6 is 0 Å². The Morgan fingerprint density at radius 1 is 1.50 bits per heavy atom. The molecule has 20 heavy (non-hydrogen) atoms. The van der Waals surface area contributed by atoms with E-state index in [9.17, 15) is 4.79 Å². The van der Waals surface area contributed by atoms with Crippen LogP contribution in [-0.2, 0) is 0 Å². The molecule has 2 heterocycles. The van der Waals surface area contributed by atoms with E-state index in [4.69, 9.17) is 5.73 Å². The number of rotatable bonds is 5. The van der Waals surface area contributed by atoms with Crippen molar-refractivity contribution in [2.24, 2.45) is 11.7 Å². The molecule has 0 spiro atoms. The van der Waals surface area contributed by atoms with Crippen LogP contribution in [0.3, 0.4) is 0 Å². The minimum absolute atomic E-state index is 0.175. The van der Waals surface area contributed by atoms with Gasteiger partial charge in [-0.2, -0.15) is 0 Å². The molecular weight excluding hydrogens is 254 g/mol. The van der Waals surface area contributed by atoms with Crippen LogP contribution in [-0.4, -0.2) is 42.3 Å². The number of hydrogen-bond donors (Lipinski definition) is 2. The largest absolute Gasteiger partial charge is 0.355 e. The molecule has 1 fully saturated rings. The third-order valence-electron chi connectivity index (χ3n) is 3.64. The monoisotopic (exact) mass is 277 g/mol. The predicted octanol–water partition coefficient (Wildman–Crippen LogP) is 0.792. The summed E-state index contributed by atoms with van der Waals surface area (Å²) in [5.74, 6) is 1.31. The average molecular weight is 277 g/mol. The number of nitrogens with two attached hydrogens (primary N) is 1. The highest BCUT2D eigenvalue weighted by Crippen LogP contribution is 2.22. The summed E-state index contributed by atoms with van der Waals surface area (Å²) in [6, 6.07) is 3.61. The Morgan fingerprint density at radius 3 is 3.00 bits per heavy atom. The molecule has 6 nitrogen and oxygen atoms in total. The molecule has 0 saturated carbocycles. The molecule has 2 rings (SSSR count). The van der Waals surface area contributed by atoms with Crippen molar-refractivity contribution in [3.63, 3.8) is 0 Å². The Morgan fingerprint density at radius 2 is 2.35 bits per heavy atom. The molecule has 0 radical (unpaired) electrons. The first-order valence-electron chi connectivity index (χ1n) is 7.31. The summed E-state index contributed by atoms with van der Waals surface area (Å²) in [5.41, 5.74) is 6.00. The summed E-state index contributed by atoms with van der Waals surface area (Å²) in [6.07, 6.45) is 3.45. The summed E-state index contributed by atoms with van der Waals surface area (Å²) in [4.78, 5) is 13.9. The van der Waals surface area contributed by atoms with Crippen molar-refractivity contribution in [3.8, 4) is 0 Å². The van der Waals surface area contributed by atoms with E-state index >= 15 is 0 Å². The molecule has 1 saturated heterocycles. The number of hydrogen-bond acceptors (Lipinski definition) is 5. The lowest BCUT2D eigenvalue weighted by Crippen LogP contribution is -2.37. The van der Waals surface area contributed by atoms with Crippen molar-refractivity contribution >= 4 is 11.7 Å². The standard InChI is InChI=1S/C14H23N5O/c1-2-16-14(20)12-5-6-13(18-17-12)19-9-3-4-11(10-19)7-8-15/h5-6,11H,2-4,7-10,15H2,1H3,(H,16,20). The molecular formula is C14H23N5O. The number of carbonyl (C=O) groups is 1. The zero-order valence-electron chi connectivity index (χ0n) is 12.0. The van der Waals surface area contributed by atoms with E-state index in [1.54, 1.807) is 6.07 Å². The summed E-state index contributed by atoms with van der Waals surface area (Å²) in [5, 5.41) is 10.9. The molecule has 0 aromatic carbocycles. The maximum absolute atomic E-state index is 11.6. The second-order valence-electron chi connectivity index (χ2n) is 5.17. The van der Waals surface area contributed by atoms with Crippen molar-refractivity contribution < 1.29 is 4.79 Å². The summed E-state index contributed by atoms with van der Waals surface area (Å²) >= 11 is 0. The molecule has 0 bridgehead atoms. The Labute approximate surface area is 119 Å². The Balaban J connectivity index is 2.00. The second-order valence-corrected chi connectivity index (χ2v) is 5.17. The van der Waals surface area contributed by atoms with Gasteiger partial charge in [-0.05, 0) is 50.8 Å². The Kier molecular flexibility index (Phi) is 5.29. The smallest absolute Gasteiger partial charge is 0.271 e. The highest BCUT2D eigenvalue weighted by Gasteiger charge is 2.20. The van der Waals surface area contributed by atoms with E-state index in [0.717, 1.165) is 38.3 Å². The number of carbonyl (C=O) groups excluding carboxylic acids is 1. The van der Waals surface area contributed by atoms with Crippen LogP contribution in [0.5, 0.6) is 0 Å². The van der Waals surface area contributed by atoms with Gasteiger partial charge >= 0.3 is 0 Å². The molecule has 1 aliphatic heterocycles. The molecule has 1 unspecified atom stereocenters. The van der Waals surface area contributed by atoms with Crippen LogP contribution in [0.1, 0.15) is 36.7 Å². The fraction of sp³-hybridized carbons (Fsp3) is 0.643. The molecule has 1 aliphatic rings. The van der Waals surface area contributed by atoms with E-state index in [1.165, 1.54) is 6.42 Å². The van der Waals surface area contributed by atoms with Gasteiger partial charge < -0.3 is 16.0 Å². The van der Waals surface area contributed by atoms with E-state index in [-0.39, 0.29) is 5.91 Å². The van der Waals surface area contributed by atoms with Crippen LogP contribution in [0.15, 0.2) is 12.1 Å². The summed E-state index contributed by atoms with van der Waals surface area (Å²) < 4.78 is 0. The SMILES string of the molecule is CCNC(=O)c1ccc(N2CCCC(CCN)C2)nn1. The van der Waals surface area contributed by atoms with Crippen LogP contribution in [0.25, 0.3) is 0 Å². The zero-order chi connectivity index (χ0) is 14.4. The van der Waals surface area contributed by atoms with Gasteiger partial charge in [0.15, 0.2) is 11.5 Å². The van der Waals surface area contributed by atoms with Gasteiger partial charge in [-0.3, -0.25) is 4.79 Å². The third kappa shape index (κ3) is 3.66. The van der Waals surface area contributed by atoms with E-state index in [1.807, 2.05) is 13.0 Å². The van der Waals surface area contributed by atoms with Gasteiger partial charge in [-0.15, -0.1) is 10.2 Å². The van der Waals surface area contributed by atoms with Crippen molar-refractivity contribution in [2.75, 3.05) is 31.1 Å². The fourth-order valence-electron chi connectivity index (χ4n) is 2.61. The van der Waals surface area contributed by atoms with Crippen molar-refractivity contribution in [2.45, 2.75) is 26.2 Å². The quantitative estimate of drug-likeness (QED) is 0.831. The topological polar surface area (TPSA) is 84.1 Å². The van der Waals surface area contributed by atoms with Gasteiger partial charge in [0.1, 0.15) is 0 Å². The van der Waals surface area contributed by atoms with Gasteiger partial charge in [0, 0.05) is 19.6 Å². The Hall–Kier alpha value is -1.69. The van der Waals surface area contributed by atoms with Gasteiger partial charge in [0.2, 0.25) is 0 Å². The average Bonchev–Trinajstić information content (AvgIpc) is 2.48. The van der Waals surface area contributed by atoms with E-state index < -0.39 is 0 Å². The van der Waals surface area contributed by atoms with Crippen molar-refractivity contribution in [1.29, 1.82) is 0 Å². The first-order valence-corrected chi connectivity index (χ1v) is 7.31. The number of piperidine rings is 1. The van der Waals surface area contributed by atoms with Gasteiger partial charge in [-0.1, -0.05) is 0 Å². The van der Waals surface area contributed by atoms with Crippen LogP contribution in [0, 0.1) is 5.92 Å². The number of amides is 1. The molecule has 1 aromatic heterocycles. The lowest BCUT2D eigenvalue weighted by atomic mass is 9.95. The molecule has 1 atom stereocenters. The van der Waals surface area contributed by atoms with Gasteiger partial charge in [0.05, 0.1) is 0 Å². The van der Waals surface area contributed by atoms with Crippen molar-refractivity contribution in [1.82, 2.24) is 15.5 Å². The van der Waals surface area contributed by atoms with Crippen LogP contribution < -0.4 is 16.0 Å². The normalized spacial score (nSPS) is 18.9. The molecule has 110 valence electrons. The third-order valence-corrected chi connectivity index (χ3v) is 3.64. The van der Waals surface area contributed by atoms with Gasteiger partial charge in [-0.25, -0.2) is 0 Å². The summed E-state index contributed by atoms with van der Waals surface area (Å²) in [6.45, 7) is 5.18. The number of aromatic nitrogens is 2. The second kappa shape index (κ2) is 7.19. The maximum Gasteiger partial charge on any atom is 0.271 e. The van der Waals surface area contributed by atoms with Gasteiger partial charge in [0.25, 0.3) is 5.91 Å². The summed E-state index contributed by atoms with van der Waals surface area (Å²) in [7, 11) is 0. The highest BCUT2D eigenvalue weighted by molar-refractivity contribution is 5.92. The number of anilines is 1. The Bertz CT molecular complexity index is 432. The predicted molar refractivity (Wildman–Crippen MR) is 78.6 cm³/mol.